The number of ether oxygens (including phenoxy) is 1. The van der Waals surface area contributed by atoms with E-state index < -0.39 is 0 Å². The molecule has 2 amide bonds. The molecule has 150 valence electrons. The Labute approximate surface area is 173 Å². The highest BCUT2D eigenvalue weighted by Crippen LogP contribution is 2.27. The van der Waals surface area contributed by atoms with Gasteiger partial charge in [-0.3, -0.25) is 9.59 Å². The maximum Gasteiger partial charge on any atom is 0.229 e. The first kappa shape index (κ1) is 19.3. The summed E-state index contributed by atoms with van der Waals surface area (Å²) in [5.41, 5.74) is 2.74. The van der Waals surface area contributed by atoms with Crippen LogP contribution < -0.4 is 10.1 Å². The van der Waals surface area contributed by atoms with E-state index in [1.807, 2.05) is 36.5 Å². The fourth-order valence-electron chi connectivity index (χ4n) is 3.76. The molecule has 1 aliphatic heterocycles. The molecule has 1 fully saturated rings. The number of hydrogen-bond acceptors (Lipinski definition) is 3. The number of benzene rings is 2. The fraction of sp³-hybridized carbons (Fsp3) is 0.273. The molecular formula is C22H22ClN3O3. The summed E-state index contributed by atoms with van der Waals surface area (Å²) in [5.74, 6) is 0.0668. The number of anilines is 1. The van der Waals surface area contributed by atoms with Gasteiger partial charge in [0.05, 0.1) is 18.7 Å². The standard InChI is InChI=1S/C22H22ClN3O3/c1-29-20-5-3-2-4-19(20)25-22(28)15-10-21(27)26(13-15)9-8-14-12-24-18-7-6-16(23)11-17(14)18/h2-7,11-12,15,24H,8-10,13H2,1H3,(H,25,28). The summed E-state index contributed by atoms with van der Waals surface area (Å²) in [6, 6.07) is 13.0. The first-order valence-electron chi connectivity index (χ1n) is 9.52. The number of methoxy groups -OCH3 is 1. The minimum atomic E-state index is -0.371. The predicted molar refractivity (Wildman–Crippen MR) is 113 cm³/mol. The van der Waals surface area contributed by atoms with Crippen LogP contribution in [0.5, 0.6) is 5.75 Å². The zero-order valence-corrected chi connectivity index (χ0v) is 16.8. The van der Waals surface area contributed by atoms with Crippen LogP contribution >= 0.6 is 11.6 Å². The van der Waals surface area contributed by atoms with Crippen molar-refractivity contribution < 1.29 is 14.3 Å². The number of carbonyl (C=O) groups excluding carboxylic acids is 2. The molecule has 1 aliphatic rings. The molecule has 1 saturated heterocycles. The normalized spacial score (nSPS) is 16.4. The van der Waals surface area contributed by atoms with Crippen molar-refractivity contribution in [1.82, 2.24) is 9.88 Å². The van der Waals surface area contributed by atoms with Crippen molar-refractivity contribution in [2.24, 2.45) is 5.92 Å². The van der Waals surface area contributed by atoms with E-state index in [4.69, 9.17) is 16.3 Å². The van der Waals surface area contributed by atoms with Crippen molar-refractivity contribution in [3.8, 4) is 5.75 Å². The number of para-hydroxylation sites is 2. The molecule has 2 N–H and O–H groups in total. The van der Waals surface area contributed by atoms with Crippen molar-refractivity contribution in [3.63, 3.8) is 0 Å². The number of rotatable bonds is 6. The molecular weight excluding hydrogens is 390 g/mol. The van der Waals surface area contributed by atoms with Crippen LogP contribution in [-0.4, -0.2) is 41.9 Å². The summed E-state index contributed by atoms with van der Waals surface area (Å²) in [7, 11) is 1.56. The molecule has 1 unspecified atom stereocenters. The molecule has 4 rings (SSSR count). The Balaban J connectivity index is 1.38. The van der Waals surface area contributed by atoms with E-state index >= 15 is 0 Å². The third-order valence-electron chi connectivity index (χ3n) is 5.33. The van der Waals surface area contributed by atoms with Gasteiger partial charge in [-0.2, -0.15) is 0 Å². The minimum Gasteiger partial charge on any atom is -0.495 e. The lowest BCUT2D eigenvalue weighted by Gasteiger charge is -2.17. The molecule has 3 aromatic rings. The van der Waals surface area contributed by atoms with Gasteiger partial charge in [0.15, 0.2) is 0 Å². The van der Waals surface area contributed by atoms with Crippen molar-refractivity contribution >= 4 is 40.0 Å². The average molecular weight is 412 g/mol. The third kappa shape index (κ3) is 4.07. The zero-order valence-electron chi connectivity index (χ0n) is 16.1. The number of carbonyl (C=O) groups is 2. The summed E-state index contributed by atoms with van der Waals surface area (Å²) in [6.45, 7) is 0.986. The van der Waals surface area contributed by atoms with Crippen molar-refractivity contribution in [2.75, 3.05) is 25.5 Å². The van der Waals surface area contributed by atoms with Gasteiger partial charge in [-0.25, -0.2) is 0 Å². The van der Waals surface area contributed by atoms with E-state index in [0.29, 0.717) is 36.0 Å². The van der Waals surface area contributed by atoms with Gasteiger partial charge in [-0.15, -0.1) is 0 Å². The second kappa shape index (κ2) is 8.17. The van der Waals surface area contributed by atoms with Gasteiger partial charge >= 0.3 is 0 Å². The highest BCUT2D eigenvalue weighted by Gasteiger charge is 2.34. The molecule has 0 bridgehead atoms. The molecule has 0 spiro atoms. The molecule has 0 saturated carbocycles. The SMILES string of the molecule is COc1ccccc1NC(=O)C1CC(=O)N(CCc2c[nH]c3ccc(Cl)cc23)C1. The summed E-state index contributed by atoms with van der Waals surface area (Å²) in [4.78, 5) is 30.1. The van der Waals surface area contributed by atoms with Crippen LogP contribution in [0.25, 0.3) is 10.9 Å². The maximum atomic E-state index is 12.7. The lowest BCUT2D eigenvalue weighted by Crippen LogP contribution is -2.30. The van der Waals surface area contributed by atoms with E-state index in [0.717, 1.165) is 16.5 Å². The number of aromatic nitrogens is 1. The summed E-state index contributed by atoms with van der Waals surface area (Å²) in [6.07, 6.45) is 2.88. The number of likely N-dealkylation sites (tertiary alicyclic amines) is 1. The van der Waals surface area contributed by atoms with E-state index in [-0.39, 0.29) is 24.2 Å². The molecule has 7 heteroatoms. The van der Waals surface area contributed by atoms with Crippen LogP contribution in [0.2, 0.25) is 5.02 Å². The Morgan fingerprint density at radius 1 is 1.31 bits per heavy atom. The van der Waals surface area contributed by atoms with Crippen molar-refractivity contribution in [3.05, 3.63) is 59.2 Å². The van der Waals surface area contributed by atoms with E-state index in [9.17, 15) is 9.59 Å². The molecule has 29 heavy (non-hydrogen) atoms. The number of halogens is 1. The minimum absolute atomic E-state index is 0.00282. The maximum absolute atomic E-state index is 12.7. The first-order chi connectivity index (χ1) is 14.0. The smallest absolute Gasteiger partial charge is 0.229 e. The lowest BCUT2D eigenvalue weighted by molar-refractivity contribution is -0.128. The Morgan fingerprint density at radius 3 is 2.97 bits per heavy atom. The van der Waals surface area contributed by atoms with Gasteiger partial charge in [0.1, 0.15) is 5.75 Å². The van der Waals surface area contributed by atoms with Gasteiger partial charge in [0.2, 0.25) is 11.8 Å². The number of nitrogens with zero attached hydrogens (tertiary/aromatic N) is 1. The van der Waals surface area contributed by atoms with E-state index in [1.54, 1.807) is 24.1 Å². The molecule has 1 atom stereocenters. The van der Waals surface area contributed by atoms with Gasteiger partial charge in [-0.05, 0) is 42.3 Å². The zero-order chi connectivity index (χ0) is 20.4. The molecule has 2 aromatic carbocycles. The number of amides is 2. The Kier molecular flexibility index (Phi) is 5.45. The molecule has 0 aliphatic carbocycles. The van der Waals surface area contributed by atoms with Crippen molar-refractivity contribution in [1.29, 1.82) is 0 Å². The van der Waals surface area contributed by atoms with Gasteiger partial charge in [0, 0.05) is 41.6 Å². The molecule has 2 heterocycles. The van der Waals surface area contributed by atoms with Crippen LogP contribution in [0, 0.1) is 5.92 Å². The molecule has 6 nitrogen and oxygen atoms in total. The molecule has 1 aromatic heterocycles. The highest BCUT2D eigenvalue weighted by atomic mass is 35.5. The first-order valence-corrected chi connectivity index (χ1v) is 9.90. The Bertz CT molecular complexity index is 1060. The second-order valence-electron chi connectivity index (χ2n) is 7.18. The van der Waals surface area contributed by atoms with E-state index in [1.165, 1.54) is 0 Å². The number of fused-ring (bicyclic) bond motifs is 1. The van der Waals surface area contributed by atoms with Crippen LogP contribution in [0.4, 0.5) is 5.69 Å². The highest BCUT2D eigenvalue weighted by molar-refractivity contribution is 6.31. The summed E-state index contributed by atoms with van der Waals surface area (Å²) in [5, 5.41) is 4.63. The quantitative estimate of drug-likeness (QED) is 0.646. The number of H-pyrrole nitrogens is 1. The second-order valence-corrected chi connectivity index (χ2v) is 7.62. The average Bonchev–Trinajstić information content (AvgIpc) is 3.29. The predicted octanol–water partition coefficient (Wildman–Crippen LogP) is 3.86. The monoisotopic (exact) mass is 411 g/mol. The van der Waals surface area contributed by atoms with Gasteiger partial charge in [-0.1, -0.05) is 23.7 Å². The number of nitrogens with one attached hydrogen (secondary N) is 2. The van der Waals surface area contributed by atoms with Gasteiger partial charge in [0.25, 0.3) is 0 Å². The summed E-state index contributed by atoms with van der Waals surface area (Å²) >= 11 is 6.11. The fourth-order valence-corrected chi connectivity index (χ4v) is 3.93. The van der Waals surface area contributed by atoms with Crippen molar-refractivity contribution in [2.45, 2.75) is 12.8 Å². The summed E-state index contributed by atoms with van der Waals surface area (Å²) < 4.78 is 5.27. The van der Waals surface area contributed by atoms with Crippen LogP contribution in [0.1, 0.15) is 12.0 Å². The lowest BCUT2D eigenvalue weighted by atomic mass is 10.1. The number of hydrogen-bond donors (Lipinski definition) is 2. The topological polar surface area (TPSA) is 74.4 Å². The Morgan fingerprint density at radius 2 is 2.14 bits per heavy atom. The Hall–Kier alpha value is -2.99. The molecule has 0 radical (unpaired) electrons. The van der Waals surface area contributed by atoms with Gasteiger partial charge < -0.3 is 19.9 Å². The van der Waals surface area contributed by atoms with Crippen LogP contribution in [0.3, 0.4) is 0 Å². The number of aromatic amines is 1. The third-order valence-corrected chi connectivity index (χ3v) is 5.57. The largest absolute Gasteiger partial charge is 0.495 e. The van der Waals surface area contributed by atoms with Crippen LogP contribution in [-0.2, 0) is 16.0 Å². The van der Waals surface area contributed by atoms with Crippen LogP contribution in [0.15, 0.2) is 48.7 Å². The van der Waals surface area contributed by atoms with E-state index in [2.05, 4.69) is 10.3 Å².